The van der Waals surface area contributed by atoms with Gasteiger partial charge in [-0.05, 0) is 49.9 Å². The van der Waals surface area contributed by atoms with Gasteiger partial charge in [-0.3, -0.25) is 4.79 Å². The molecule has 1 aliphatic carbocycles. The lowest BCUT2D eigenvalue weighted by Crippen LogP contribution is -2.50. The molecule has 0 heterocycles. The van der Waals surface area contributed by atoms with Gasteiger partial charge < -0.3 is 14.8 Å². The molecule has 1 N–H and O–H groups in total. The zero-order chi connectivity index (χ0) is 18.3. The van der Waals surface area contributed by atoms with Crippen LogP contribution in [0.5, 0.6) is 5.75 Å². The minimum atomic E-state index is -0.822. The second kappa shape index (κ2) is 8.52. The molecular formula is C19H24N2O4. The second-order valence-corrected chi connectivity index (χ2v) is 6.58. The maximum Gasteiger partial charge on any atom is 0.344 e. The third-order valence-electron chi connectivity index (χ3n) is 4.22. The van der Waals surface area contributed by atoms with Gasteiger partial charge in [0.2, 0.25) is 0 Å². The highest BCUT2D eigenvalue weighted by molar-refractivity contribution is 5.81. The predicted octanol–water partition coefficient (Wildman–Crippen LogP) is 2.57. The second-order valence-electron chi connectivity index (χ2n) is 6.58. The number of aryl methyl sites for hydroxylation is 2. The molecule has 1 amide bonds. The van der Waals surface area contributed by atoms with Gasteiger partial charge in [-0.25, -0.2) is 4.79 Å². The summed E-state index contributed by atoms with van der Waals surface area (Å²) >= 11 is 0. The monoisotopic (exact) mass is 344 g/mol. The molecule has 0 aromatic heterocycles. The summed E-state index contributed by atoms with van der Waals surface area (Å²) in [5, 5.41) is 12.0. The van der Waals surface area contributed by atoms with E-state index in [0.717, 1.165) is 30.4 Å². The average Bonchev–Trinajstić information content (AvgIpc) is 2.58. The summed E-state index contributed by atoms with van der Waals surface area (Å²) < 4.78 is 10.3. The van der Waals surface area contributed by atoms with E-state index >= 15 is 0 Å². The van der Waals surface area contributed by atoms with Crippen LogP contribution in [0.2, 0.25) is 0 Å². The first-order chi connectivity index (χ1) is 11.9. The van der Waals surface area contributed by atoms with Crippen LogP contribution in [0, 0.1) is 25.2 Å². The van der Waals surface area contributed by atoms with Crippen LogP contribution in [0.3, 0.4) is 0 Å². The Hall–Kier alpha value is -2.55. The predicted molar refractivity (Wildman–Crippen MR) is 91.9 cm³/mol. The number of hydrogen-bond donors (Lipinski definition) is 1. The molecule has 6 heteroatoms. The first-order valence-corrected chi connectivity index (χ1v) is 8.51. The van der Waals surface area contributed by atoms with Crippen molar-refractivity contribution in [3.63, 3.8) is 0 Å². The van der Waals surface area contributed by atoms with Crippen LogP contribution in [0.15, 0.2) is 18.2 Å². The van der Waals surface area contributed by atoms with Crippen LogP contribution < -0.4 is 10.1 Å². The van der Waals surface area contributed by atoms with Crippen molar-refractivity contribution < 1.29 is 19.1 Å². The van der Waals surface area contributed by atoms with E-state index in [1.165, 1.54) is 0 Å². The molecule has 0 spiro atoms. The van der Waals surface area contributed by atoms with Crippen molar-refractivity contribution >= 4 is 11.9 Å². The molecule has 1 fully saturated rings. The highest BCUT2D eigenvalue weighted by Gasteiger charge is 2.33. The summed E-state index contributed by atoms with van der Waals surface area (Å²) in [7, 11) is 0. The first kappa shape index (κ1) is 18.8. The van der Waals surface area contributed by atoms with E-state index in [0.29, 0.717) is 18.6 Å². The number of carbonyl (C=O) groups excluding carboxylic acids is 2. The molecule has 0 unspecified atom stereocenters. The topological polar surface area (TPSA) is 88.4 Å². The van der Waals surface area contributed by atoms with Crippen molar-refractivity contribution in [2.45, 2.75) is 51.5 Å². The number of carbonyl (C=O) groups is 2. The van der Waals surface area contributed by atoms with Gasteiger partial charge in [0.1, 0.15) is 11.3 Å². The van der Waals surface area contributed by atoms with Crippen LogP contribution in [0.4, 0.5) is 0 Å². The van der Waals surface area contributed by atoms with Crippen molar-refractivity contribution in [2.75, 3.05) is 13.2 Å². The lowest BCUT2D eigenvalue weighted by molar-refractivity contribution is -0.150. The number of esters is 1. The molecule has 0 atom stereocenters. The van der Waals surface area contributed by atoms with Gasteiger partial charge in [0, 0.05) is 0 Å². The Balaban J connectivity index is 1.75. The first-order valence-electron chi connectivity index (χ1n) is 8.51. The van der Waals surface area contributed by atoms with E-state index in [-0.39, 0.29) is 6.61 Å². The smallest absolute Gasteiger partial charge is 0.344 e. The minimum Gasteiger partial charge on any atom is -0.482 e. The fourth-order valence-corrected chi connectivity index (χ4v) is 3.07. The third kappa shape index (κ3) is 5.79. The normalized spacial score (nSPS) is 15.7. The Morgan fingerprint density at radius 1 is 1.12 bits per heavy atom. The highest BCUT2D eigenvalue weighted by atomic mass is 16.6. The lowest BCUT2D eigenvalue weighted by atomic mass is 9.83. The van der Waals surface area contributed by atoms with Crippen molar-refractivity contribution in [3.8, 4) is 11.8 Å². The molecule has 1 aromatic carbocycles. The molecule has 6 nitrogen and oxygen atoms in total. The lowest BCUT2D eigenvalue weighted by Gasteiger charge is -2.31. The van der Waals surface area contributed by atoms with Gasteiger partial charge >= 0.3 is 5.97 Å². The number of ether oxygens (including phenoxy) is 2. The van der Waals surface area contributed by atoms with E-state index in [1.807, 2.05) is 32.0 Å². The average molecular weight is 344 g/mol. The summed E-state index contributed by atoms with van der Waals surface area (Å²) in [6.07, 6.45) is 4.18. The van der Waals surface area contributed by atoms with Gasteiger partial charge in [0.05, 0.1) is 6.07 Å². The maximum absolute atomic E-state index is 12.0. The van der Waals surface area contributed by atoms with Crippen LogP contribution >= 0.6 is 0 Å². The van der Waals surface area contributed by atoms with Crippen LogP contribution in [0.1, 0.15) is 43.2 Å². The maximum atomic E-state index is 12.0. The molecule has 2 rings (SSSR count). The fourth-order valence-electron chi connectivity index (χ4n) is 3.07. The molecular weight excluding hydrogens is 320 g/mol. The SMILES string of the molecule is Cc1cc(C)cc(OCC(=O)OCC(=O)NC2(C#N)CCCCC2)c1. The number of rotatable bonds is 6. The highest BCUT2D eigenvalue weighted by Crippen LogP contribution is 2.27. The standard InChI is InChI=1S/C19H24N2O4/c1-14-8-15(2)10-16(9-14)24-12-18(23)25-11-17(22)21-19(13-20)6-4-3-5-7-19/h8-10H,3-7,11-12H2,1-2H3,(H,21,22). The summed E-state index contributed by atoms with van der Waals surface area (Å²) in [5.41, 5.74) is 1.26. The van der Waals surface area contributed by atoms with E-state index in [1.54, 1.807) is 0 Å². The molecule has 1 aliphatic rings. The van der Waals surface area contributed by atoms with E-state index < -0.39 is 24.0 Å². The molecule has 0 aliphatic heterocycles. The molecule has 0 saturated heterocycles. The van der Waals surface area contributed by atoms with E-state index in [2.05, 4.69) is 11.4 Å². The number of amides is 1. The molecule has 0 bridgehead atoms. The van der Waals surface area contributed by atoms with Gasteiger partial charge in [-0.2, -0.15) is 5.26 Å². The van der Waals surface area contributed by atoms with Crippen LogP contribution in [0.25, 0.3) is 0 Å². The number of nitrogens with zero attached hydrogens (tertiary/aromatic N) is 1. The van der Waals surface area contributed by atoms with E-state index in [4.69, 9.17) is 9.47 Å². The van der Waals surface area contributed by atoms with Crippen molar-refractivity contribution in [3.05, 3.63) is 29.3 Å². The number of benzene rings is 1. The Kier molecular flexibility index (Phi) is 6.40. The Morgan fingerprint density at radius 3 is 2.36 bits per heavy atom. The van der Waals surface area contributed by atoms with Gasteiger partial charge in [0.15, 0.2) is 13.2 Å². The number of nitriles is 1. The van der Waals surface area contributed by atoms with E-state index in [9.17, 15) is 14.9 Å². The molecule has 1 saturated carbocycles. The number of nitrogens with one attached hydrogen (secondary N) is 1. The largest absolute Gasteiger partial charge is 0.482 e. The summed E-state index contributed by atoms with van der Waals surface area (Å²) in [6, 6.07) is 7.85. The van der Waals surface area contributed by atoms with Crippen molar-refractivity contribution in [1.82, 2.24) is 5.32 Å². The Bertz CT molecular complexity index is 652. The number of hydrogen-bond acceptors (Lipinski definition) is 5. The minimum absolute atomic E-state index is 0.264. The Morgan fingerprint density at radius 2 is 1.76 bits per heavy atom. The van der Waals surface area contributed by atoms with Gasteiger partial charge in [-0.15, -0.1) is 0 Å². The molecule has 0 radical (unpaired) electrons. The molecule has 25 heavy (non-hydrogen) atoms. The fraction of sp³-hybridized carbons (Fsp3) is 0.526. The summed E-state index contributed by atoms with van der Waals surface area (Å²) in [6.45, 7) is 3.22. The van der Waals surface area contributed by atoms with Gasteiger partial charge in [0.25, 0.3) is 5.91 Å². The van der Waals surface area contributed by atoms with Crippen molar-refractivity contribution in [2.24, 2.45) is 0 Å². The zero-order valence-electron chi connectivity index (χ0n) is 14.8. The van der Waals surface area contributed by atoms with Crippen LogP contribution in [-0.4, -0.2) is 30.6 Å². The van der Waals surface area contributed by atoms with Crippen LogP contribution in [-0.2, 0) is 14.3 Å². The van der Waals surface area contributed by atoms with Crippen molar-refractivity contribution in [1.29, 1.82) is 5.26 Å². The summed E-state index contributed by atoms with van der Waals surface area (Å²) in [5.74, 6) is -0.489. The summed E-state index contributed by atoms with van der Waals surface area (Å²) in [4.78, 5) is 23.7. The quantitative estimate of drug-likeness (QED) is 0.801. The third-order valence-corrected chi connectivity index (χ3v) is 4.22. The zero-order valence-corrected chi connectivity index (χ0v) is 14.8. The molecule has 134 valence electrons. The molecule has 1 aromatic rings. The Labute approximate surface area is 148 Å². The van der Waals surface area contributed by atoms with Gasteiger partial charge in [-0.1, -0.05) is 25.3 Å².